The topological polar surface area (TPSA) is 121 Å². The maximum atomic E-state index is 13.1. The fourth-order valence-corrected chi connectivity index (χ4v) is 3.17. The zero-order valence-electron chi connectivity index (χ0n) is 17.8. The summed E-state index contributed by atoms with van der Waals surface area (Å²) in [6.07, 6.45) is 6.32. The first-order chi connectivity index (χ1) is 15.7. The van der Waals surface area contributed by atoms with Gasteiger partial charge < -0.3 is 10.2 Å². The fourth-order valence-electron chi connectivity index (χ4n) is 2.21. The Kier molecular flexibility index (Phi) is 9.18. The van der Waals surface area contributed by atoms with Crippen molar-refractivity contribution in [3.63, 3.8) is 0 Å². The molecule has 172 valence electrons. The Labute approximate surface area is 191 Å². The second-order valence-corrected chi connectivity index (χ2v) is 8.33. The Morgan fingerprint density at radius 2 is 1.67 bits per heavy atom. The molecule has 0 saturated heterocycles. The summed E-state index contributed by atoms with van der Waals surface area (Å²) in [6.45, 7) is 0. The minimum absolute atomic E-state index is 0.00625. The SMILES string of the molecule is CN(C)C=O.O=C(/C=C/c1cccc(F)c1)Nc1ccc(S(=O)(=O)Nc2ncccn2)cc1. The molecular formula is C22H22FN5O4S. The lowest BCUT2D eigenvalue weighted by Crippen LogP contribution is -2.15. The van der Waals surface area contributed by atoms with E-state index in [-0.39, 0.29) is 10.8 Å². The molecule has 0 aliphatic carbocycles. The second-order valence-electron chi connectivity index (χ2n) is 6.65. The van der Waals surface area contributed by atoms with Gasteiger partial charge in [0, 0.05) is 38.3 Å². The Balaban J connectivity index is 0.000000696. The van der Waals surface area contributed by atoms with Crippen molar-refractivity contribution < 1.29 is 22.4 Å². The summed E-state index contributed by atoms with van der Waals surface area (Å²) < 4.78 is 40.0. The van der Waals surface area contributed by atoms with Gasteiger partial charge in [-0.2, -0.15) is 0 Å². The largest absolute Gasteiger partial charge is 0.351 e. The van der Waals surface area contributed by atoms with E-state index in [1.54, 1.807) is 32.3 Å². The summed E-state index contributed by atoms with van der Waals surface area (Å²) in [5.74, 6) is -0.869. The third-order valence-corrected chi connectivity index (χ3v) is 5.05. The van der Waals surface area contributed by atoms with Crippen LogP contribution in [0.25, 0.3) is 6.08 Å². The molecule has 2 amide bonds. The third-order valence-electron chi connectivity index (χ3n) is 3.71. The first-order valence-corrected chi connectivity index (χ1v) is 10.9. The number of carbonyl (C=O) groups excluding carboxylic acids is 2. The number of benzene rings is 2. The van der Waals surface area contributed by atoms with Crippen molar-refractivity contribution >= 4 is 40.1 Å². The molecule has 2 N–H and O–H groups in total. The molecule has 0 aliphatic heterocycles. The highest BCUT2D eigenvalue weighted by molar-refractivity contribution is 7.92. The molecule has 0 atom stereocenters. The van der Waals surface area contributed by atoms with Crippen LogP contribution in [-0.2, 0) is 19.6 Å². The molecule has 0 fully saturated rings. The van der Waals surface area contributed by atoms with Gasteiger partial charge in [-0.05, 0) is 54.1 Å². The maximum Gasteiger partial charge on any atom is 0.264 e. The summed E-state index contributed by atoms with van der Waals surface area (Å²) in [5, 5.41) is 2.60. The quantitative estimate of drug-likeness (QED) is 0.404. The minimum Gasteiger partial charge on any atom is -0.351 e. The molecule has 11 heteroatoms. The fraction of sp³-hybridized carbons (Fsp3) is 0.0909. The van der Waals surface area contributed by atoms with E-state index in [0.717, 1.165) is 6.41 Å². The standard InChI is InChI=1S/C19H15FN4O3S.C3H7NO/c20-15-4-1-3-14(13-15)5-10-18(25)23-16-6-8-17(9-7-16)28(26,27)24-19-21-11-2-12-22-19;1-4(2)3-5/h1-13H,(H,23,25)(H,21,22,24);3H,1-2H3/b10-5+;. The number of carbonyl (C=O) groups is 2. The van der Waals surface area contributed by atoms with Crippen LogP contribution in [0.5, 0.6) is 0 Å². The van der Waals surface area contributed by atoms with E-state index in [4.69, 9.17) is 0 Å². The Morgan fingerprint density at radius 3 is 2.24 bits per heavy atom. The van der Waals surface area contributed by atoms with Gasteiger partial charge in [0.05, 0.1) is 4.90 Å². The lowest BCUT2D eigenvalue weighted by Gasteiger charge is -2.07. The zero-order valence-corrected chi connectivity index (χ0v) is 18.7. The lowest BCUT2D eigenvalue weighted by molar-refractivity contribution is -0.116. The number of nitrogens with zero attached hydrogens (tertiary/aromatic N) is 3. The average molecular weight is 472 g/mol. The molecular weight excluding hydrogens is 449 g/mol. The molecule has 0 bridgehead atoms. The summed E-state index contributed by atoms with van der Waals surface area (Å²) in [6, 6.07) is 13.0. The molecule has 1 heterocycles. The molecule has 0 saturated carbocycles. The van der Waals surface area contributed by atoms with Gasteiger partial charge in [0.2, 0.25) is 18.3 Å². The highest BCUT2D eigenvalue weighted by Gasteiger charge is 2.15. The Hall–Kier alpha value is -4.12. The normalized spacial score (nSPS) is 10.6. The smallest absolute Gasteiger partial charge is 0.264 e. The van der Waals surface area contributed by atoms with Crippen molar-refractivity contribution in [3.05, 3.63) is 84.4 Å². The molecule has 3 aromatic rings. The van der Waals surface area contributed by atoms with E-state index < -0.39 is 21.7 Å². The summed E-state index contributed by atoms with van der Waals surface area (Å²) in [4.78, 5) is 30.4. The number of sulfonamides is 1. The van der Waals surface area contributed by atoms with Crippen LogP contribution in [0.1, 0.15) is 5.56 Å². The highest BCUT2D eigenvalue weighted by Crippen LogP contribution is 2.16. The van der Waals surface area contributed by atoms with Gasteiger partial charge in [-0.1, -0.05) is 12.1 Å². The predicted molar refractivity (Wildman–Crippen MR) is 123 cm³/mol. The van der Waals surface area contributed by atoms with E-state index in [1.807, 2.05) is 0 Å². The van der Waals surface area contributed by atoms with Gasteiger partial charge in [0.1, 0.15) is 5.82 Å². The van der Waals surface area contributed by atoms with Crippen LogP contribution in [0.4, 0.5) is 16.0 Å². The first-order valence-electron chi connectivity index (χ1n) is 9.46. The molecule has 3 rings (SSSR count). The molecule has 1 aromatic heterocycles. The van der Waals surface area contributed by atoms with Crippen molar-refractivity contribution in [3.8, 4) is 0 Å². The predicted octanol–water partition coefficient (Wildman–Crippen LogP) is 2.77. The van der Waals surface area contributed by atoms with Gasteiger partial charge in [0.25, 0.3) is 10.0 Å². The van der Waals surface area contributed by atoms with Crippen molar-refractivity contribution in [2.45, 2.75) is 4.90 Å². The Bertz CT molecular complexity index is 1200. The number of hydrogen-bond donors (Lipinski definition) is 2. The van der Waals surface area contributed by atoms with E-state index >= 15 is 0 Å². The van der Waals surface area contributed by atoms with Crippen LogP contribution in [-0.4, -0.2) is 49.7 Å². The maximum absolute atomic E-state index is 13.1. The van der Waals surface area contributed by atoms with Crippen LogP contribution in [0.2, 0.25) is 0 Å². The number of amides is 2. The summed E-state index contributed by atoms with van der Waals surface area (Å²) >= 11 is 0. The number of aromatic nitrogens is 2. The number of halogens is 1. The number of rotatable bonds is 7. The lowest BCUT2D eigenvalue weighted by atomic mass is 10.2. The molecule has 0 aliphatic rings. The zero-order chi connectivity index (χ0) is 24.3. The number of anilines is 2. The molecule has 2 aromatic carbocycles. The van der Waals surface area contributed by atoms with Gasteiger partial charge in [-0.25, -0.2) is 27.5 Å². The van der Waals surface area contributed by atoms with Crippen LogP contribution in [0.3, 0.4) is 0 Å². The van der Waals surface area contributed by atoms with Gasteiger partial charge in [0.15, 0.2) is 0 Å². The molecule has 0 unspecified atom stereocenters. The van der Waals surface area contributed by atoms with E-state index in [2.05, 4.69) is 20.0 Å². The molecule has 9 nitrogen and oxygen atoms in total. The second kappa shape index (κ2) is 12.1. The van der Waals surface area contributed by atoms with Crippen molar-refractivity contribution in [2.24, 2.45) is 0 Å². The van der Waals surface area contributed by atoms with Crippen LogP contribution < -0.4 is 10.0 Å². The van der Waals surface area contributed by atoms with Crippen molar-refractivity contribution in [1.82, 2.24) is 14.9 Å². The van der Waals surface area contributed by atoms with Crippen molar-refractivity contribution in [2.75, 3.05) is 24.1 Å². The van der Waals surface area contributed by atoms with Crippen LogP contribution in [0, 0.1) is 5.82 Å². The van der Waals surface area contributed by atoms with Crippen LogP contribution >= 0.6 is 0 Å². The third kappa shape index (κ3) is 8.87. The monoisotopic (exact) mass is 471 g/mol. The number of hydrogen-bond acceptors (Lipinski definition) is 6. The van der Waals surface area contributed by atoms with Gasteiger partial charge in [-0.15, -0.1) is 0 Å². The summed E-state index contributed by atoms with van der Waals surface area (Å²) in [7, 11) is -0.471. The average Bonchev–Trinajstić information content (AvgIpc) is 2.79. The number of nitrogens with one attached hydrogen (secondary N) is 2. The van der Waals surface area contributed by atoms with E-state index in [9.17, 15) is 22.4 Å². The first kappa shape index (κ1) is 25.1. The Morgan fingerprint density at radius 1 is 1.03 bits per heavy atom. The molecule has 0 spiro atoms. The molecule has 33 heavy (non-hydrogen) atoms. The van der Waals surface area contributed by atoms with E-state index in [0.29, 0.717) is 11.3 Å². The van der Waals surface area contributed by atoms with Crippen LogP contribution in [0.15, 0.2) is 78.0 Å². The van der Waals surface area contributed by atoms with Gasteiger partial charge >= 0.3 is 0 Å². The molecule has 0 radical (unpaired) electrons. The minimum atomic E-state index is -3.85. The van der Waals surface area contributed by atoms with Crippen molar-refractivity contribution in [1.29, 1.82) is 0 Å². The summed E-state index contributed by atoms with van der Waals surface area (Å²) in [5.41, 5.74) is 0.953. The van der Waals surface area contributed by atoms with Gasteiger partial charge in [-0.3, -0.25) is 9.59 Å². The van der Waals surface area contributed by atoms with E-state index in [1.165, 1.54) is 65.8 Å². The highest BCUT2D eigenvalue weighted by atomic mass is 32.2.